The van der Waals surface area contributed by atoms with Gasteiger partial charge in [-0.25, -0.2) is 0 Å². The number of thiophene rings is 1. The molecule has 0 aliphatic heterocycles. The van der Waals surface area contributed by atoms with E-state index in [1.54, 1.807) is 35.8 Å². The molecule has 1 heterocycles. The Bertz CT molecular complexity index is 895. The minimum Gasteiger partial charge on any atom is -0.488 e. The van der Waals surface area contributed by atoms with Crippen LogP contribution in [-0.4, -0.2) is 22.1 Å². The van der Waals surface area contributed by atoms with Gasteiger partial charge in [0.05, 0.1) is 6.04 Å². The molecule has 1 amide bonds. The van der Waals surface area contributed by atoms with Crippen LogP contribution >= 0.6 is 11.3 Å². The van der Waals surface area contributed by atoms with E-state index in [0.717, 1.165) is 10.4 Å². The normalized spacial score (nSPS) is 12.9. The molecule has 0 saturated carbocycles. The third-order valence-electron chi connectivity index (χ3n) is 3.97. The molecule has 0 spiro atoms. The summed E-state index contributed by atoms with van der Waals surface area (Å²) in [7, 11) is -1.03. The lowest BCUT2D eigenvalue weighted by molar-refractivity contribution is 0.0940. The van der Waals surface area contributed by atoms with Gasteiger partial charge < -0.3 is 10.1 Å². The maximum absolute atomic E-state index is 12.7. The topological polar surface area (TPSA) is 55.4 Å². The summed E-state index contributed by atoms with van der Waals surface area (Å²) in [5.74, 6) is 0.798. The van der Waals surface area contributed by atoms with Gasteiger partial charge in [0.25, 0.3) is 5.91 Å². The Hall–Kier alpha value is -2.44. The van der Waals surface area contributed by atoms with E-state index in [0.29, 0.717) is 23.7 Å². The summed E-state index contributed by atoms with van der Waals surface area (Å²) in [6, 6.07) is 20.4. The van der Waals surface area contributed by atoms with Crippen molar-refractivity contribution in [2.45, 2.75) is 12.6 Å². The predicted molar refractivity (Wildman–Crippen MR) is 111 cm³/mol. The number of amides is 1. The summed E-state index contributed by atoms with van der Waals surface area (Å²) in [5.41, 5.74) is 1.45. The van der Waals surface area contributed by atoms with Gasteiger partial charge in [-0.15, -0.1) is 11.3 Å². The largest absolute Gasteiger partial charge is 0.488 e. The van der Waals surface area contributed by atoms with Crippen LogP contribution in [0.3, 0.4) is 0 Å². The molecule has 4 nitrogen and oxygen atoms in total. The van der Waals surface area contributed by atoms with E-state index in [4.69, 9.17) is 4.74 Å². The molecule has 0 aliphatic carbocycles. The van der Waals surface area contributed by atoms with E-state index in [1.165, 1.54) is 0 Å². The Kier molecular flexibility index (Phi) is 6.79. The van der Waals surface area contributed by atoms with Crippen molar-refractivity contribution >= 4 is 28.0 Å². The standard InChI is InChI=1S/C21H21NO3S2/c1-27(24)15-20(16-7-3-2-4-8-16)22-21(23)17-9-5-10-18(13-17)25-14-19-11-6-12-26-19/h2-13,20H,14-15H2,1H3,(H,22,23). The molecule has 27 heavy (non-hydrogen) atoms. The van der Waals surface area contributed by atoms with E-state index < -0.39 is 10.8 Å². The molecular formula is C21H21NO3S2. The maximum atomic E-state index is 12.7. The summed E-state index contributed by atoms with van der Waals surface area (Å²) in [5, 5.41) is 5.00. The first-order valence-electron chi connectivity index (χ1n) is 8.53. The highest BCUT2D eigenvalue weighted by molar-refractivity contribution is 7.84. The smallest absolute Gasteiger partial charge is 0.251 e. The zero-order valence-corrected chi connectivity index (χ0v) is 16.6. The zero-order valence-electron chi connectivity index (χ0n) is 15.0. The molecule has 2 aromatic carbocycles. The van der Waals surface area contributed by atoms with Crippen LogP contribution in [0, 0.1) is 0 Å². The number of carbonyl (C=O) groups is 1. The summed E-state index contributed by atoms with van der Waals surface area (Å²) in [6.45, 7) is 0.476. The molecule has 3 aromatic rings. The Labute approximate surface area is 165 Å². The third-order valence-corrected chi connectivity index (χ3v) is 5.62. The van der Waals surface area contributed by atoms with Crippen LogP contribution < -0.4 is 10.1 Å². The molecule has 0 saturated heterocycles. The van der Waals surface area contributed by atoms with Gasteiger partial charge >= 0.3 is 0 Å². The molecule has 0 radical (unpaired) electrons. The number of ether oxygens (including phenoxy) is 1. The minimum atomic E-state index is -1.03. The Morgan fingerprint density at radius 1 is 1.11 bits per heavy atom. The fraction of sp³-hybridized carbons (Fsp3) is 0.190. The van der Waals surface area contributed by atoms with Crippen LogP contribution in [0.25, 0.3) is 0 Å². The Morgan fingerprint density at radius 2 is 1.93 bits per heavy atom. The van der Waals surface area contributed by atoms with Crippen molar-refractivity contribution in [3.05, 3.63) is 88.1 Å². The van der Waals surface area contributed by atoms with Crippen molar-refractivity contribution in [2.24, 2.45) is 0 Å². The molecule has 2 atom stereocenters. The highest BCUT2D eigenvalue weighted by atomic mass is 32.2. The fourth-order valence-corrected chi connectivity index (χ4v) is 4.02. The maximum Gasteiger partial charge on any atom is 0.251 e. The first-order chi connectivity index (χ1) is 13.1. The van der Waals surface area contributed by atoms with Crippen LogP contribution in [-0.2, 0) is 17.4 Å². The van der Waals surface area contributed by atoms with Crippen LogP contribution in [0.15, 0.2) is 72.1 Å². The molecule has 1 N–H and O–H groups in total. The van der Waals surface area contributed by atoms with Gasteiger partial charge in [0, 0.05) is 33.2 Å². The first kappa shape index (κ1) is 19.3. The average molecular weight is 400 g/mol. The number of hydrogen-bond acceptors (Lipinski definition) is 4. The number of benzene rings is 2. The monoisotopic (exact) mass is 399 g/mol. The van der Waals surface area contributed by atoms with Gasteiger partial charge in [-0.1, -0.05) is 42.5 Å². The van der Waals surface area contributed by atoms with Crippen LogP contribution in [0.1, 0.15) is 26.8 Å². The van der Waals surface area contributed by atoms with E-state index in [-0.39, 0.29) is 11.9 Å². The highest BCUT2D eigenvalue weighted by Crippen LogP contribution is 2.19. The van der Waals surface area contributed by atoms with Crippen molar-refractivity contribution in [3.63, 3.8) is 0 Å². The molecule has 2 unspecified atom stereocenters. The number of nitrogens with one attached hydrogen (secondary N) is 1. The Morgan fingerprint density at radius 3 is 2.63 bits per heavy atom. The second-order valence-electron chi connectivity index (χ2n) is 6.07. The zero-order chi connectivity index (χ0) is 19.1. The van der Waals surface area contributed by atoms with Crippen molar-refractivity contribution < 1.29 is 13.7 Å². The lowest BCUT2D eigenvalue weighted by Gasteiger charge is -2.18. The van der Waals surface area contributed by atoms with Crippen LogP contribution in [0.5, 0.6) is 5.75 Å². The minimum absolute atomic E-state index is 0.212. The molecule has 6 heteroatoms. The van der Waals surface area contributed by atoms with E-state index >= 15 is 0 Å². The van der Waals surface area contributed by atoms with Gasteiger partial charge in [0.1, 0.15) is 12.4 Å². The number of hydrogen-bond donors (Lipinski definition) is 1. The Balaban J connectivity index is 1.70. The van der Waals surface area contributed by atoms with Crippen molar-refractivity contribution in [1.82, 2.24) is 5.32 Å². The first-order valence-corrected chi connectivity index (χ1v) is 11.1. The predicted octanol–water partition coefficient (Wildman–Crippen LogP) is 4.18. The van der Waals surface area contributed by atoms with Crippen LogP contribution in [0.2, 0.25) is 0 Å². The van der Waals surface area contributed by atoms with Crippen molar-refractivity contribution in [1.29, 1.82) is 0 Å². The quantitative estimate of drug-likeness (QED) is 0.618. The number of rotatable bonds is 8. The molecule has 0 fully saturated rings. The summed E-state index contributed by atoms with van der Waals surface area (Å²) >= 11 is 1.63. The third kappa shape index (κ3) is 5.77. The second-order valence-corrected chi connectivity index (χ2v) is 8.58. The van der Waals surface area contributed by atoms with E-state index in [1.807, 2.05) is 53.9 Å². The molecule has 3 rings (SSSR count). The molecule has 140 valence electrons. The lowest BCUT2D eigenvalue weighted by Crippen LogP contribution is -2.31. The van der Waals surface area contributed by atoms with Gasteiger partial charge in [0.2, 0.25) is 0 Å². The van der Waals surface area contributed by atoms with Gasteiger partial charge in [0.15, 0.2) is 0 Å². The summed E-state index contributed by atoms with van der Waals surface area (Å²) in [4.78, 5) is 13.9. The van der Waals surface area contributed by atoms with Gasteiger partial charge in [-0.05, 0) is 35.2 Å². The summed E-state index contributed by atoms with van der Waals surface area (Å²) < 4.78 is 17.5. The van der Waals surface area contributed by atoms with E-state index in [2.05, 4.69) is 5.32 Å². The highest BCUT2D eigenvalue weighted by Gasteiger charge is 2.17. The molecule has 0 bridgehead atoms. The van der Waals surface area contributed by atoms with Crippen molar-refractivity contribution in [2.75, 3.05) is 12.0 Å². The fourth-order valence-electron chi connectivity index (χ4n) is 2.66. The SMILES string of the molecule is CS(=O)CC(NC(=O)c1cccc(OCc2cccs2)c1)c1ccccc1. The second kappa shape index (κ2) is 9.48. The van der Waals surface area contributed by atoms with E-state index in [9.17, 15) is 9.00 Å². The molecule has 1 aromatic heterocycles. The number of carbonyl (C=O) groups excluding carboxylic acids is 1. The lowest BCUT2D eigenvalue weighted by atomic mass is 10.1. The molecular weight excluding hydrogens is 378 g/mol. The van der Waals surface area contributed by atoms with Crippen LogP contribution in [0.4, 0.5) is 0 Å². The van der Waals surface area contributed by atoms with Crippen molar-refractivity contribution in [3.8, 4) is 5.75 Å². The van der Waals surface area contributed by atoms with Gasteiger partial charge in [-0.3, -0.25) is 9.00 Å². The molecule has 0 aliphatic rings. The average Bonchev–Trinajstić information content (AvgIpc) is 3.20. The van der Waals surface area contributed by atoms with Gasteiger partial charge in [-0.2, -0.15) is 0 Å². The summed E-state index contributed by atoms with van der Waals surface area (Å²) in [6.07, 6.45) is 1.64.